The van der Waals surface area contributed by atoms with Gasteiger partial charge in [-0.3, -0.25) is 4.99 Å². The van der Waals surface area contributed by atoms with Gasteiger partial charge in [-0.15, -0.1) is 11.3 Å². The summed E-state index contributed by atoms with van der Waals surface area (Å²) in [5.41, 5.74) is 0.836. The standard InChI is InChI=1S/C18H25ClN4O3S2/c1-20-18(23(2)13-15-7-8-17(19)27-15)21-12-14-5-4-6-16(11-14)28(24,25)22-9-10-26-3/h4-8,11,22H,9-10,12-13H2,1-3H3,(H,20,21). The molecular formula is C18H25ClN4O3S2. The summed E-state index contributed by atoms with van der Waals surface area (Å²) in [6, 6.07) is 10.7. The van der Waals surface area contributed by atoms with Crippen molar-refractivity contribution in [1.29, 1.82) is 0 Å². The highest BCUT2D eigenvalue weighted by molar-refractivity contribution is 7.89. The van der Waals surface area contributed by atoms with E-state index in [1.165, 1.54) is 18.4 Å². The normalized spacial score (nSPS) is 12.2. The highest BCUT2D eigenvalue weighted by Crippen LogP contribution is 2.22. The molecule has 7 nitrogen and oxygen atoms in total. The Labute approximate surface area is 175 Å². The van der Waals surface area contributed by atoms with E-state index in [9.17, 15) is 8.42 Å². The molecule has 1 heterocycles. The Balaban J connectivity index is 1.99. The largest absolute Gasteiger partial charge is 0.383 e. The molecule has 0 aliphatic rings. The Kier molecular flexibility index (Phi) is 8.71. The number of guanidine groups is 1. The molecule has 0 fully saturated rings. The van der Waals surface area contributed by atoms with Gasteiger partial charge in [-0.25, -0.2) is 13.1 Å². The predicted octanol–water partition coefficient (Wildman–Crippen LogP) is 2.53. The Morgan fingerprint density at radius 3 is 2.75 bits per heavy atom. The summed E-state index contributed by atoms with van der Waals surface area (Å²) in [4.78, 5) is 7.62. The third kappa shape index (κ3) is 6.75. The van der Waals surface area contributed by atoms with Crippen molar-refractivity contribution in [3.8, 4) is 0 Å². The average Bonchev–Trinajstić information content (AvgIpc) is 3.07. The highest BCUT2D eigenvalue weighted by Gasteiger charge is 2.14. The molecule has 0 aliphatic heterocycles. The van der Waals surface area contributed by atoms with Crippen molar-refractivity contribution < 1.29 is 13.2 Å². The Morgan fingerprint density at radius 1 is 1.32 bits per heavy atom. The maximum Gasteiger partial charge on any atom is 0.240 e. The van der Waals surface area contributed by atoms with Crippen LogP contribution in [0.5, 0.6) is 0 Å². The van der Waals surface area contributed by atoms with E-state index in [-0.39, 0.29) is 11.4 Å². The number of hydrogen-bond acceptors (Lipinski definition) is 5. The van der Waals surface area contributed by atoms with E-state index in [1.807, 2.05) is 30.1 Å². The molecule has 2 N–H and O–H groups in total. The lowest BCUT2D eigenvalue weighted by Gasteiger charge is -2.21. The number of nitrogens with one attached hydrogen (secondary N) is 2. The van der Waals surface area contributed by atoms with Crippen LogP contribution in [0, 0.1) is 0 Å². The van der Waals surface area contributed by atoms with Gasteiger partial charge >= 0.3 is 0 Å². The monoisotopic (exact) mass is 444 g/mol. The predicted molar refractivity (Wildman–Crippen MR) is 115 cm³/mol. The molecule has 10 heteroatoms. The van der Waals surface area contributed by atoms with Crippen molar-refractivity contribution >= 4 is 38.9 Å². The van der Waals surface area contributed by atoms with Gasteiger partial charge in [0.25, 0.3) is 0 Å². The molecule has 0 amide bonds. The number of halogens is 1. The third-order valence-corrected chi connectivity index (χ3v) is 6.53. The molecule has 0 radical (unpaired) electrons. The summed E-state index contributed by atoms with van der Waals surface area (Å²) in [7, 11) is 1.61. The molecule has 154 valence electrons. The number of aliphatic imine (C=N–C) groups is 1. The number of rotatable bonds is 9. The van der Waals surface area contributed by atoms with Crippen LogP contribution in [0.3, 0.4) is 0 Å². The second-order valence-electron chi connectivity index (χ2n) is 6.00. The van der Waals surface area contributed by atoms with Gasteiger partial charge in [0.05, 0.1) is 22.4 Å². The van der Waals surface area contributed by atoms with Crippen LogP contribution in [-0.2, 0) is 27.8 Å². The van der Waals surface area contributed by atoms with Crippen molar-refractivity contribution in [2.24, 2.45) is 4.99 Å². The molecule has 0 unspecified atom stereocenters. The Bertz CT molecular complexity index is 900. The van der Waals surface area contributed by atoms with E-state index < -0.39 is 10.0 Å². The summed E-state index contributed by atoms with van der Waals surface area (Å²) in [5, 5.41) is 3.26. The van der Waals surface area contributed by atoms with Crippen molar-refractivity contribution in [3.63, 3.8) is 0 Å². The fraction of sp³-hybridized carbons (Fsp3) is 0.389. The minimum Gasteiger partial charge on any atom is -0.383 e. The smallest absolute Gasteiger partial charge is 0.240 e. The van der Waals surface area contributed by atoms with Crippen molar-refractivity contribution in [1.82, 2.24) is 14.9 Å². The van der Waals surface area contributed by atoms with Crippen molar-refractivity contribution in [3.05, 3.63) is 51.2 Å². The van der Waals surface area contributed by atoms with E-state index in [0.717, 1.165) is 14.8 Å². The van der Waals surface area contributed by atoms with Gasteiger partial charge in [0.15, 0.2) is 5.96 Å². The third-order valence-electron chi connectivity index (χ3n) is 3.85. The first-order valence-electron chi connectivity index (χ1n) is 8.59. The van der Waals surface area contributed by atoms with Crippen LogP contribution in [0.15, 0.2) is 46.3 Å². The molecule has 0 bridgehead atoms. The quantitative estimate of drug-likeness (QED) is 0.353. The van der Waals surface area contributed by atoms with E-state index in [0.29, 0.717) is 25.7 Å². The first-order valence-corrected chi connectivity index (χ1v) is 11.3. The Morgan fingerprint density at radius 2 is 2.11 bits per heavy atom. The summed E-state index contributed by atoms with van der Waals surface area (Å²) in [6.07, 6.45) is 0. The van der Waals surface area contributed by atoms with Gasteiger partial charge in [-0.05, 0) is 29.8 Å². The molecule has 1 aromatic carbocycles. The Hall–Kier alpha value is -1.65. The lowest BCUT2D eigenvalue weighted by molar-refractivity contribution is 0.204. The maximum atomic E-state index is 12.3. The second kappa shape index (κ2) is 10.8. The fourth-order valence-electron chi connectivity index (χ4n) is 2.50. The lowest BCUT2D eigenvalue weighted by Crippen LogP contribution is -2.37. The molecule has 0 atom stereocenters. The zero-order chi connectivity index (χ0) is 20.6. The molecule has 0 saturated heterocycles. The molecule has 0 aliphatic carbocycles. The van der Waals surface area contributed by atoms with Gasteiger partial charge < -0.3 is 15.0 Å². The van der Waals surface area contributed by atoms with E-state index in [4.69, 9.17) is 16.3 Å². The van der Waals surface area contributed by atoms with Crippen LogP contribution >= 0.6 is 22.9 Å². The van der Waals surface area contributed by atoms with E-state index in [1.54, 1.807) is 25.2 Å². The second-order valence-corrected chi connectivity index (χ2v) is 9.57. The first-order chi connectivity index (χ1) is 13.4. The maximum absolute atomic E-state index is 12.3. The van der Waals surface area contributed by atoms with Gasteiger partial charge in [-0.1, -0.05) is 23.7 Å². The summed E-state index contributed by atoms with van der Waals surface area (Å²) < 4.78 is 32.8. The van der Waals surface area contributed by atoms with E-state index >= 15 is 0 Å². The zero-order valence-electron chi connectivity index (χ0n) is 16.1. The molecule has 0 saturated carbocycles. The topological polar surface area (TPSA) is 83.0 Å². The number of thiophene rings is 1. The zero-order valence-corrected chi connectivity index (χ0v) is 18.5. The van der Waals surface area contributed by atoms with Crippen LogP contribution in [0.4, 0.5) is 0 Å². The summed E-state index contributed by atoms with van der Waals surface area (Å²) >= 11 is 7.51. The van der Waals surface area contributed by atoms with Crippen LogP contribution in [0.2, 0.25) is 4.34 Å². The molecule has 0 spiro atoms. The lowest BCUT2D eigenvalue weighted by atomic mass is 10.2. The molecule has 1 aromatic heterocycles. The average molecular weight is 445 g/mol. The first kappa shape index (κ1) is 22.6. The number of ether oxygens (including phenoxy) is 1. The number of methoxy groups -OCH3 is 1. The molecular weight excluding hydrogens is 420 g/mol. The summed E-state index contributed by atoms with van der Waals surface area (Å²) in [5.74, 6) is 0.705. The molecule has 28 heavy (non-hydrogen) atoms. The highest BCUT2D eigenvalue weighted by atomic mass is 35.5. The number of sulfonamides is 1. The molecule has 2 aromatic rings. The van der Waals surface area contributed by atoms with E-state index in [2.05, 4.69) is 15.0 Å². The minimum atomic E-state index is -3.56. The van der Waals surface area contributed by atoms with Crippen molar-refractivity contribution in [2.75, 3.05) is 34.4 Å². The summed E-state index contributed by atoms with van der Waals surface area (Å²) in [6.45, 7) is 1.67. The van der Waals surface area contributed by atoms with Crippen LogP contribution in [-0.4, -0.2) is 53.6 Å². The molecule has 2 rings (SSSR count). The van der Waals surface area contributed by atoms with Gasteiger partial charge in [0.1, 0.15) is 0 Å². The number of hydrogen-bond donors (Lipinski definition) is 2. The van der Waals surface area contributed by atoms with Gasteiger partial charge in [0.2, 0.25) is 10.0 Å². The van der Waals surface area contributed by atoms with Crippen LogP contribution in [0.25, 0.3) is 0 Å². The van der Waals surface area contributed by atoms with Gasteiger partial charge in [0, 0.05) is 39.2 Å². The van der Waals surface area contributed by atoms with Gasteiger partial charge in [-0.2, -0.15) is 0 Å². The fourth-order valence-corrected chi connectivity index (χ4v) is 4.72. The SMILES string of the molecule is CN=C(NCc1cccc(S(=O)(=O)NCCOC)c1)N(C)Cc1ccc(Cl)s1. The number of benzene rings is 1. The van der Waals surface area contributed by atoms with Crippen LogP contribution < -0.4 is 10.0 Å². The van der Waals surface area contributed by atoms with Crippen LogP contribution in [0.1, 0.15) is 10.4 Å². The number of nitrogens with zero attached hydrogens (tertiary/aromatic N) is 2. The van der Waals surface area contributed by atoms with Crippen molar-refractivity contribution in [2.45, 2.75) is 18.0 Å². The minimum absolute atomic E-state index is 0.222.